The molecule has 2 heterocycles. The first-order chi connectivity index (χ1) is 13.9. The van der Waals surface area contributed by atoms with Gasteiger partial charge in [-0.05, 0) is 44.8 Å². The van der Waals surface area contributed by atoms with Crippen LogP contribution >= 0.6 is 11.3 Å². The predicted octanol–water partition coefficient (Wildman–Crippen LogP) is 3.77. The van der Waals surface area contributed by atoms with Crippen LogP contribution in [0.5, 0.6) is 0 Å². The Labute approximate surface area is 172 Å². The lowest BCUT2D eigenvalue weighted by Crippen LogP contribution is -2.23. The summed E-state index contributed by atoms with van der Waals surface area (Å²) in [5.74, 6) is -0.483. The average molecular weight is 414 g/mol. The number of hydrogen-bond donors (Lipinski definition) is 1. The van der Waals surface area contributed by atoms with Gasteiger partial charge >= 0.3 is 5.97 Å². The summed E-state index contributed by atoms with van der Waals surface area (Å²) < 4.78 is 6.61. The molecule has 0 aliphatic heterocycles. The molecule has 0 bridgehead atoms. The van der Waals surface area contributed by atoms with Crippen LogP contribution < -0.4 is 5.32 Å². The summed E-state index contributed by atoms with van der Waals surface area (Å²) in [5, 5.41) is 15.6. The van der Waals surface area contributed by atoms with E-state index in [9.17, 15) is 9.59 Å². The number of hydrogen-bond acceptors (Lipinski definition) is 7. The van der Waals surface area contributed by atoms with Gasteiger partial charge in [0.25, 0.3) is 5.91 Å². The summed E-state index contributed by atoms with van der Waals surface area (Å²) in [7, 11) is 0. The van der Waals surface area contributed by atoms with E-state index in [1.165, 1.54) is 22.3 Å². The first kappa shape index (κ1) is 20.7. The Balaban J connectivity index is 1.70. The quantitative estimate of drug-likeness (QED) is 0.592. The molecule has 0 spiro atoms. The molecule has 0 aliphatic carbocycles. The molecule has 0 fully saturated rings. The normalized spacial score (nSPS) is 11.1. The summed E-state index contributed by atoms with van der Waals surface area (Å²) in [6.07, 6.45) is 1.39. The van der Waals surface area contributed by atoms with E-state index < -0.39 is 5.97 Å². The minimum absolute atomic E-state index is 0.247. The standard InChI is InChI=1S/C20H23N5O3S/c1-12(2)14-6-5-7-15(13(3)4)18(14)22-17(26)10-28-20(27)19-16(8-9-29-19)25-11-21-23-24-25/h5-9,11-13H,10H2,1-4H3,(H,22,26). The lowest BCUT2D eigenvalue weighted by atomic mass is 9.92. The van der Waals surface area contributed by atoms with Crippen molar-refractivity contribution in [2.24, 2.45) is 0 Å². The second-order valence-corrected chi connectivity index (χ2v) is 8.05. The third-order valence-electron chi connectivity index (χ3n) is 4.40. The highest BCUT2D eigenvalue weighted by atomic mass is 32.1. The van der Waals surface area contributed by atoms with Crippen molar-refractivity contribution in [3.63, 3.8) is 0 Å². The lowest BCUT2D eigenvalue weighted by Gasteiger charge is -2.20. The van der Waals surface area contributed by atoms with E-state index >= 15 is 0 Å². The Hall–Kier alpha value is -3.07. The zero-order valence-corrected chi connectivity index (χ0v) is 17.6. The van der Waals surface area contributed by atoms with Crippen LogP contribution in [0, 0.1) is 0 Å². The highest BCUT2D eigenvalue weighted by molar-refractivity contribution is 7.12. The Kier molecular flexibility index (Phi) is 6.38. The van der Waals surface area contributed by atoms with Crippen molar-refractivity contribution in [1.82, 2.24) is 20.2 Å². The first-order valence-corrected chi connectivity index (χ1v) is 10.2. The van der Waals surface area contributed by atoms with E-state index in [1.54, 1.807) is 11.4 Å². The molecule has 1 amide bonds. The smallest absolute Gasteiger partial charge is 0.351 e. The second-order valence-electron chi connectivity index (χ2n) is 7.13. The van der Waals surface area contributed by atoms with E-state index in [4.69, 9.17) is 4.74 Å². The van der Waals surface area contributed by atoms with Crippen molar-refractivity contribution in [3.8, 4) is 5.69 Å². The number of anilines is 1. The van der Waals surface area contributed by atoms with Crippen LogP contribution in [-0.2, 0) is 9.53 Å². The van der Waals surface area contributed by atoms with Gasteiger partial charge in [0.15, 0.2) is 6.61 Å². The second kappa shape index (κ2) is 8.95. The largest absolute Gasteiger partial charge is 0.451 e. The molecule has 2 aromatic heterocycles. The Morgan fingerprint density at radius 3 is 2.41 bits per heavy atom. The number of carbonyl (C=O) groups excluding carboxylic acids is 2. The highest BCUT2D eigenvalue weighted by Gasteiger charge is 2.20. The van der Waals surface area contributed by atoms with Crippen LogP contribution in [0.3, 0.4) is 0 Å². The van der Waals surface area contributed by atoms with Crippen LogP contribution in [0.15, 0.2) is 36.0 Å². The van der Waals surface area contributed by atoms with Crippen LogP contribution in [0.25, 0.3) is 5.69 Å². The molecule has 1 N–H and O–H groups in total. The lowest BCUT2D eigenvalue weighted by molar-refractivity contribution is -0.119. The van der Waals surface area contributed by atoms with Crippen molar-refractivity contribution in [2.75, 3.05) is 11.9 Å². The fourth-order valence-corrected chi connectivity index (χ4v) is 3.75. The molecular formula is C20H23N5O3S. The maximum atomic E-state index is 12.5. The van der Waals surface area contributed by atoms with Gasteiger partial charge in [-0.2, -0.15) is 4.68 Å². The van der Waals surface area contributed by atoms with E-state index in [2.05, 4.69) is 48.5 Å². The minimum Gasteiger partial charge on any atom is -0.451 e. The topological polar surface area (TPSA) is 99.0 Å². The maximum absolute atomic E-state index is 12.5. The van der Waals surface area contributed by atoms with Crippen molar-refractivity contribution in [2.45, 2.75) is 39.5 Å². The number of para-hydroxylation sites is 1. The average Bonchev–Trinajstić information content (AvgIpc) is 3.37. The minimum atomic E-state index is -0.595. The summed E-state index contributed by atoms with van der Waals surface area (Å²) in [6, 6.07) is 7.72. The van der Waals surface area contributed by atoms with E-state index in [-0.39, 0.29) is 24.3 Å². The molecule has 152 valence electrons. The number of aromatic nitrogens is 4. The van der Waals surface area contributed by atoms with Gasteiger partial charge in [0.1, 0.15) is 11.2 Å². The summed E-state index contributed by atoms with van der Waals surface area (Å²) >= 11 is 1.20. The Morgan fingerprint density at radius 2 is 1.83 bits per heavy atom. The molecule has 0 saturated heterocycles. The van der Waals surface area contributed by atoms with Gasteiger partial charge in [-0.25, -0.2) is 4.79 Å². The van der Waals surface area contributed by atoms with Gasteiger partial charge in [0.2, 0.25) is 0 Å². The molecule has 3 rings (SSSR count). The van der Waals surface area contributed by atoms with E-state index in [0.29, 0.717) is 10.6 Å². The van der Waals surface area contributed by atoms with Crippen molar-refractivity contribution < 1.29 is 14.3 Å². The number of carbonyl (C=O) groups is 2. The molecule has 0 atom stereocenters. The third-order valence-corrected chi connectivity index (χ3v) is 5.28. The molecule has 3 aromatic rings. The summed E-state index contributed by atoms with van der Waals surface area (Å²) in [5.41, 5.74) is 3.41. The molecule has 9 heteroatoms. The molecule has 0 saturated carbocycles. The van der Waals surface area contributed by atoms with Crippen LogP contribution in [0.4, 0.5) is 5.69 Å². The number of ether oxygens (including phenoxy) is 1. The van der Waals surface area contributed by atoms with Crippen molar-refractivity contribution >= 4 is 28.9 Å². The number of nitrogens with zero attached hydrogens (tertiary/aromatic N) is 4. The summed E-state index contributed by atoms with van der Waals surface area (Å²) in [6.45, 7) is 7.92. The van der Waals surface area contributed by atoms with Gasteiger partial charge in [-0.1, -0.05) is 45.9 Å². The molecule has 0 aliphatic rings. The maximum Gasteiger partial charge on any atom is 0.351 e. The number of rotatable bonds is 7. The van der Waals surface area contributed by atoms with Crippen LogP contribution in [0.2, 0.25) is 0 Å². The third kappa shape index (κ3) is 4.68. The highest BCUT2D eigenvalue weighted by Crippen LogP contribution is 2.32. The Bertz CT molecular complexity index is 969. The molecule has 1 aromatic carbocycles. The first-order valence-electron chi connectivity index (χ1n) is 9.29. The molecular weight excluding hydrogens is 390 g/mol. The van der Waals surface area contributed by atoms with E-state index in [0.717, 1.165) is 16.8 Å². The molecule has 8 nitrogen and oxygen atoms in total. The van der Waals surface area contributed by atoms with E-state index in [1.807, 2.05) is 18.2 Å². The number of thiophene rings is 1. The number of nitrogens with one attached hydrogen (secondary N) is 1. The zero-order chi connectivity index (χ0) is 21.0. The van der Waals surface area contributed by atoms with Gasteiger partial charge in [-0.3, -0.25) is 4.79 Å². The van der Waals surface area contributed by atoms with Gasteiger partial charge in [-0.15, -0.1) is 16.4 Å². The number of tetrazole rings is 1. The van der Waals surface area contributed by atoms with Gasteiger partial charge < -0.3 is 10.1 Å². The number of amides is 1. The molecule has 29 heavy (non-hydrogen) atoms. The number of esters is 1. The van der Waals surface area contributed by atoms with Gasteiger partial charge in [0.05, 0.1) is 5.69 Å². The van der Waals surface area contributed by atoms with Crippen LogP contribution in [0.1, 0.15) is 60.3 Å². The van der Waals surface area contributed by atoms with Crippen LogP contribution in [-0.4, -0.2) is 38.7 Å². The fourth-order valence-electron chi connectivity index (χ4n) is 2.97. The van der Waals surface area contributed by atoms with Crippen molar-refractivity contribution in [3.05, 3.63) is 52.0 Å². The Morgan fingerprint density at radius 1 is 1.14 bits per heavy atom. The molecule has 0 radical (unpaired) electrons. The van der Waals surface area contributed by atoms with Gasteiger partial charge in [0, 0.05) is 5.69 Å². The number of benzene rings is 1. The predicted molar refractivity (Wildman–Crippen MR) is 111 cm³/mol. The van der Waals surface area contributed by atoms with Crippen molar-refractivity contribution in [1.29, 1.82) is 0 Å². The monoisotopic (exact) mass is 413 g/mol. The summed E-state index contributed by atoms with van der Waals surface area (Å²) in [4.78, 5) is 25.3. The fraction of sp³-hybridized carbons (Fsp3) is 0.350. The molecule has 0 unspecified atom stereocenters. The SMILES string of the molecule is CC(C)c1cccc(C(C)C)c1NC(=O)COC(=O)c1sccc1-n1cnnn1. The zero-order valence-electron chi connectivity index (χ0n) is 16.7.